The Hall–Kier alpha value is -2.97. The molecule has 144 valence electrons. The molecule has 1 aliphatic rings. The summed E-state index contributed by atoms with van der Waals surface area (Å²) in [4.78, 5) is 23.2. The van der Waals surface area contributed by atoms with E-state index in [0.29, 0.717) is 17.4 Å². The second-order valence-electron chi connectivity index (χ2n) is 6.35. The molecule has 0 radical (unpaired) electrons. The number of rotatable bonds is 6. The van der Waals surface area contributed by atoms with Gasteiger partial charge in [0, 0.05) is 48.8 Å². The molecule has 4 rings (SSSR count). The number of hydrogen-bond acceptors (Lipinski definition) is 7. The molecule has 3 aromatic rings. The Labute approximate surface area is 167 Å². The van der Waals surface area contributed by atoms with Crippen LogP contribution in [0, 0.1) is 0 Å². The molecular formula is C20H21N5O2S. The fraction of sp³-hybridized carbons (Fsp3) is 0.250. The fourth-order valence-corrected chi connectivity index (χ4v) is 3.60. The highest BCUT2D eigenvalue weighted by molar-refractivity contribution is 7.13. The van der Waals surface area contributed by atoms with Gasteiger partial charge in [0.05, 0.1) is 13.2 Å². The van der Waals surface area contributed by atoms with Crippen molar-refractivity contribution in [1.29, 1.82) is 0 Å². The maximum atomic E-state index is 12.5. The summed E-state index contributed by atoms with van der Waals surface area (Å²) in [6.07, 6.45) is 3.54. The summed E-state index contributed by atoms with van der Waals surface area (Å²) in [7, 11) is 0. The fourth-order valence-electron chi connectivity index (χ4n) is 2.91. The number of carbonyl (C=O) groups is 1. The van der Waals surface area contributed by atoms with Crippen molar-refractivity contribution in [3.63, 3.8) is 0 Å². The molecule has 0 spiro atoms. The number of nitrogens with one attached hydrogen (secondary N) is 2. The first kappa shape index (κ1) is 18.4. The Bertz CT molecular complexity index is 908. The van der Waals surface area contributed by atoms with E-state index in [-0.39, 0.29) is 5.91 Å². The molecule has 0 bridgehead atoms. The molecule has 0 aliphatic carbocycles. The molecular weight excluding hydrogens is 374 g/mol. The number of thiazole rings is 1. The molecule has 1 saturated heterocycles. The highest BCUT2D eigenvalue weighted by Gasteiger charge is 2.13. The van der Waals surface area contributed by atoms with Crippen LogP contribution in [0.25, 0.3) is 0 Å². The van der Waals surface area contributed by atoms with Gasteiger partial charge in [0.15, 0.2) is 5.13 Å². The van der Waals surface area contributed by atoms with Gasteiger partial charge in [-0.1, -0.05) is 6.07 Å². The number of amides is 1. The summed E-state index contributed by atoms with van der Waals surface area (Å²) in [6, 6.07) is 11.7. The van der Waals surface area contributed by atoms with Crippen LogP contribution in [0.2, 0.25) is 0 Å². The highest BCUT2D eigenvalue weighted by atomic mass is 32.1. The first-order valence-corrected chi connectivity index (χ1v) is 9.98. The van der Waals surface area contributed by atoms with Crippen LogP contribution in [0.3, 0.4) is 0 Å². The van der Waals surface area contributed by atoms with E-state index in [1.54, 1.807) is 17.8 Å². The van der Waals surface area contributed by atoms with Crippen LogP contribution in [0.4, 0.5) is 16.5 Å². The first-order chi connectivity index (χ1) is 13.8. The van der Waals surface area contributed by atoms with Crippen molar-refractivity contribution < 1.29 is 9.53 Å². The van der Waals surface area contributed by atoms with Crippen LogP contribution in [-0.2, 0) is 11.3 Å². The molecule has 0 saturated carbocycles. The van der Waals surface area contributed by atoms with Gasteiger partial charge < -0.3 is 20.3 Å². The number of aromatic nitrogens is 2. The standard InChI is InChI=1S/C20H21N5O2S/c26-19(18-14-28-20(24-18)22-13-15-2-1-7-21-12-15)23-16-3-5-17(6-4-16)25-8-10-27-11-9-25/h1-7,12,14H,8-11,13H2,(H,22,24)(H,23,26). The highest BCUT2D eigenvalue weighted by Crippen LogP contribution is 2.21. The smallest absolute Gasteiger partial charge is 0.275 e. The van der Waals surface area contributed by atoms with Crippen LogP contribution < -0.4 is 15.5 Å². The predicted octanol–water partition coefficient (Wildman–Crippen LogP) is 3.24. The second kappa shape index (κ2) is 8.81. The molecule has 8 heteroatoms. The lowest BCUT2D eigenvalue weighted by Crippen LogP contribution is -2.36. The van der Waals surface area contributed by atoms with Crippen LogP contribution in [0.15, 0.2) is 54.2 Å². The molecule has 2 N–H and O–H groups in total. The van der Waals surface area contributed by atoms with Crippen molar-refractivity contribution in [1.82, 2.24) is 9.97 Å². The Balaban J connectivity index is 1.32. The van der Waals surface area contributed by atoms with Gasteiger partial charge in [0.25, 0.3) is 5.91 Å². The molecule has 3 heterocycles. The van der Waals surface area contributed by atoms with E-state index >= 15 is 0 Å². The van der Waals surface area contributed by atoms with Gasteiger partial charge >= 0.3 is 0 Å². The number of benzene rings is 1. The Morgan fingerprint density at radius 3 is 2.75 bits per heavy atom. The Morgan fingerprint density at radius 2 is 2.00 bits per heavy atom. The van der Waals surface area contributed by atoms with Crippen LogP contribution in [0.1, 0.15) is 16.1 Å². The first-order valence-electron chi connectivity index (χ1n) is 9.10. The van der Waals surface area contributed by atoms with E-state index in [1.165, 1.54) is 11.3 Å². The Kier molecular flexibility index (Phi) is 5.79. The maximum absolute atomic E-state index is 12.5. The molecule has 1 aliphatic heterocycles. The lowest BCUT2D eigenvalue weighted by atomic mass is 10.2. The third-order valence-electron chi connectivity index (χ3n) is 4.40. The number of ether oxygens (including phenoxy) is 1. The van der Waals surface area contributed by atoms with Crippen molar-refractivity contribution >= 4 is 33.8 Å². The summed E-state index contributed by atoms with van der Waals surface area (Å²) in [5.41, 5.74) is 3.34. The zero-order valence-electron chi connectivity index (χ0n) is 15.3. The minimum absolute atomic E-state index is 0.218. The lowest BCUT2D eigenvalue weighted by molar-refractivity contribution is 0.102. The minimum atomic E-state index is -0.218. The van der Waals surface area contributed by atoms with Crippen molar-refractivity contribution in [2.24, 2.45) is 0 Å². The molecule has 0 unspecified atom stereocenters. The topological polar surface area (TPSA) is 79.4 Å². The molecule has 7 nitrogen and oxygen atoms in total. The second-order valence-corrected chi connectivity index (χ2v) is 7.21. The van der Waals surface area contributed by atoms with Crippen molar-refractivity contribution in [2.75, 3.05) is 41.8 Å². The summed E-state index contributed by atoms with van der Waals surface area (Å²) in [6.45, 7) is 3.89. The van der Waals surface area contributed by atoms with Crippen LogP contribution in [0.5, 0.6) is 0 Å². The molecule has 2 aromatic heterocycles. The van der Waals surface area contributed by atoms with Gasteiger partial charge in [-0.2, -0.15) is 0 Å². The van der Waals surface area contributed by atoms with Gasteiger partial charge in [-0.3, -0.25) is 9.78 Å². The average molecular weight is 395 g/mol. The van der Waals surface area contributed by atoms with Crippen molar-refractivity contribution in [2.45, 2.75) is 6.54 Å². The van der Waals surface area contributed by atoms with Gasteiger partial charge in [-0.25, -0.2) is 4.98 Å². The van der Waals surface area contributed by atoms with Gasteiger partial charge in [0.1, 0.15) is 5.69 Å². The molecule has 1 aromatic carbocycles. The monoisotopic (exact) mass is 395 g/mol. The summed E-state index contributed by atoms with van der Waals surface area (Å²) < 4.78 is 5.38. The number of anilines is 3. The van der Waals surface area contributed by atoms with E-state index in [2.05, 4.69) is 25.5 Å². The largest absolute Gasteiger partial charge is 0.378 e. The quantitative estimate of drug-likeness (QED) is 0.667. The van der Waals surface area contributed by atoms with E-state index in [0.717, 1.165) is 43.2 Å². The zero-order valence-corrected chi connectivity index (χ0v) is 16.1. The van der Waals surface area contributed by atoms with E-state index in [9.17, 15) is 4.79 Å². The van der Waals surface area contributed by atoms with Gasteiger partial charge in [-0.15, -0.1) is 11.3 Å². The van der Waals surface area contributed by atoms with Crippen LogP contribution in [-0.4, -0.2) is 42.2 Å². The Morgan fingerprint density at radius 1 is 1.18 bits per heavy atom. The van der Waals surface area contributed by atoms with Crippen molar-refractivity contribution in [3.8, 4) is 0 Å². The maximum Gasteiger partial charge on any atom is 0.275 e. The van der Waals surface area contributed by atoms with E-state index < -0.39 is 0 Å². The van der Waals surface area contributed by atoms with E-state index in [4.69, 9.17) is 4.74 Å². The summed E-state index contributed by atoms with van der Waals surface area (Å²) in [5.74, 6) is -0.218. The normalized spacial score (nSPS) is 13.9. The minimum Gasteiger partial charge on any atom is -0.378 e. The SMILES string of the molecule is O=C(Nc1ccc(N2CCOCC2)cc1)c1csc(NCc2cccnc2)n1. The summed E-state index contributed by atoms with van der Waals surface area (Å²) >= 11 is 1.41. The molecule has 1 amide bonds. The number of hydrogen-bond donors (Lipinski definition) is 2. The molecule has 28 heavy (non-hydrogen) atoms. The number of morpholine rings is 1. The third kappa shape index (κ3) is 4.65. The zero-order chi connectivity index (χ0) is 19.2. The van der Waals surface area contributed by atoms with E-state index in [1.807, 2.05) is 36.4 Å². The van der Waals surface area contributed by atoms with Crippen molar-refractivity contribution in [3.05, 3.63) is 65.4 Å². The average Bonchev–Trinajstić information content (AvgIpc) is 3.24. The molecule has 0 atom stereocenters. The predicted molar refractivity (Wildman–Crippen MR) is 111 cm³/mol. The number of nitrogens with zero attached hydrogens (tertiary/aromatic N) is 3. The third-order valence-corrected chi connectivity index (χ3v) is 5.20. The lowest BCUT2D eigenvalue weighted by Gasteiger charge is -2.28. The number of pyridine rings is 1. The number of carbonyl (C=O) groups excluding carboxylic acids is 1. The molecule has 1 fully saturated rings. The summed E-state index contributed by atoms with van der Waals surface area (Å²) in [5, 5.41) is 8.57. The van der Waals surface area contributed by atoms with Gasteiger partial charge in [-0.05, 0) is 35.9 Å². The van der Waals surface area contributed by atoms with Gasteiger partial charge in [0.2, 0.25) is 0 Å². The van der Waals surface area contributed by atoms with Crippen LogP contribution >= 0.6 is 11.3 Å².